The first-order valence-corrected chi connectivity index (χ1v) is 13.3. The maximum absolute atomic E-state index is 13.6. The summed E-state index contributed by atoms with van der Waals surface area (Å²) in [5, 5.41) is 0. The Morgan fingerprint density at radius 1 is 1.16 bits per heavy atom. The number of nitrogens with zero attached hydrogens (tertiary/aromatic N) is 4. The van der Waals surface area contributed by atoms with Crippen molar-refractivity contribution in [1.29, 1.82) is 0 Å². The van der Waals surface area contributed by atoms with Gasteiger partial charge in [-0.05, 0) is 48.7 Å². The molecule has 0 atom stereocenters. The van der Waals surface area contributed by atoms with Crippen LogP contribution in [0.3, 0.4) is 0 Å². The number of amides is 2. The Morgan fingerprint density at radius 2 is 1.95 bits per heavy atom. The van der Waals surface area contributed by atoms with Crippen molar-refractivity contribution in [3.63, 3.8) is 0 Å². The highest BCUT2D eigenvalue weighted by molar-refractivity contribution is 8.26. The third-order valence-electron chi connectivity index (χ3n) is 6.87. The van der Waals surface area contributed by atoms with E-state index in [2.05, 4.69) is 0 Å². The molecular weight excluding hydrogens is 526 g/mol. The molecule has 0 saturated carbocycles. The quantitative estimate of drug-likeness (QED) is 0.378. The number of rotatable bonds is 5. The molecule has 2 N–H and O–H groups in total. The van der Waals surface area contributed by atoms with Crippen LogP contribution in [0.4, 0.5) is 5.82 Å². The highest BCUT2D eigenvalue weighted by atomic mass is 32.2. The number of aromatic nitrogens is 2. The van der Waals surface area contributed by atoms with Crippen LogP contribution in [0.1, 0.15) is 24.0 Å². The minimum atomic E-state index is -0.317. The molecule has 0 unspecified atom stereocenters. The Morgan fingerprint density at radius 3 is 2.74 bits per heavy atom. The number of pyridine rings is 1. The van der Waals surface area contributed by atoms with Gasteiger partial charge in [-0.15, -0.1) is 0 Å². The molecule has 6 rings (SSSR count). The van der Waals surface area contributed by atoms with Crippen LogP contribution in [-0.4, -0.2) is 50.3 Å². The molecule has 3 aliphatic rings. The number of fused-ring (bicyclic) bond motifs is 2. The Bertz CT molecular complexity index is 1580. The number of hydrogen-bond donors (Lipinski definition) is 1. The van der Waals surface area contributed by atoms with Gasteiger partial charge in [0.25, 0.3) is 11.5 Å². The first-order chi connectivity index (χ1) is 18.4. The van der Waals surface area contributed by atoms with E-state index in [-0.39, 0.29) is 36.6 Å². The lowest BCUT2D eigenvalue weighted by Crippen LogP contribution is -2.40. The number of primary amides is 1. The number of carbonyl (C=O) groups excluding carboxylic acids is 2. The van der Waals surface area contributed by atoms with Crippen molar-refractivity contribution in [3.8, 4) is 11.5 Å². The smallest absolute Gasteiger partial charge is 0.267 e. The lowest BCUT2D eigenvalue weighted by atomic mass is 9.96. The van der Waals surface area contributed by atoms with Crippen LogP contribution in [0.2, 0.25) is 0 Å². The number of anilines is 1. The monoisotopic (exact) mass is 549 g/mol. The van der Waals surface area contributed by atoms with Crippen LogP contribution >= 0.6 is 24.0 Å². The van der Waals surface area contributed by atoms with Crippen LogP contribution in [0, 0.1) is 5.92 Å². The van der Waals surface area contributed by atoms with Gasteiger partial charge in [0.05, 0.1) is 17.0 Å². The summed E-state index contributed by atoms with van der Waals surface area (Å²) in [5.41, 5.74) is 6.86. The lowest BCUT2D eigenvalue weighted by molar-refractivity contribution is -0.123. The van der Waals surface area contributed by atoms with E-state index in [9.17, 15) is 14.4 Å². The van der Waals surface area contributed by atoms with Gasteiger partial charge in [0.15, 0.2) is 11.5 Å². The van der Waals surface area contributed by atoms with Gasteiger partial charge >= 0.3 is 0 Å². The average molecular weight is 550 g/mol. The Hall–Kier alpha value is -3.90. The molecule has 0 spiro atoms. The number of thiocarbonyl (C=S) groups is 1. The SMILES string of the molecule is NC(=O)C1CCN(c2nc3ccccn3c(=O)c2/C=C2/SC(=S)N(Cc3ccc4c(c3)OCO4)C2=O)CC1. The van der Waals surface area contributed by atoms with Crippen molar-refractivity contribution < 1.29 is 19.1 Å². The summed E-state index contributed by atoms with van der Waals surface area (Å²) in [5.74, 6) is 0.962. The van der Waals surface area contributed by atoms with Gasteiger partial charge in [0.1, 0.15) is 15.8 Å². The second-order valence-corrected chi connectivity index (χ2v) is 10.9. The van der Waals surface area contributed by atoms with Gasteiger partial charge < -0.3 is 20.1 Å². The molecule has 3 aromatic rings. The third kappa shape index (κ3) is 4.39. The molecule has 3 aliphatic heterocycles. The maximum Gasteiger partial charge on any atom is 0.267 e. The van der Waals surface area contributed by atoms with Crippen molar-refractivity contribution in [2.24, 2.45) is 11.7 Å². The Labute approximate surface area is 227 Å². The number of piperidine rings is 1. The second-order valence-electron chi connectivity index (χ2n) is 9.20. The van der Waals surface area contributed by atoms with Crippen molar-refractivity contribution in [1.82, 2.24) is 14.3 Å². The van der Waals surface area contributed by atoms with Gasteiger partial charge in [0, 0.05) is 25.2 Å². The Kier molecular flexibility index (Phi) is 6.28. The minimum Gasteiger partial charge on any atom is -0.454 e. The number of ether oxygens (including phenoxy) is 2. The fourth-order valence-corrected chi connectivity index (χ4v) is 6.06. The summed E-state index contributed by atoms with van der Waals surface area (Å²) in [6.45, 7) is 1.48. The predicted octanol–water partition coefficient (Wildman–Crippen LogP) is 2.53. The topological polar surface area (TPSA) is 119 Å². The summed E-state index contributed by atoms with van der Waals surface area (Å²) in [6.07, 6.45) is 4.38. The van der Waals surface area contributed by atoms with Crippen LogP contribution in [-0.2, 0) is 16.1 Å². The van der Waals surface area contributed by atoms with Crippen LogP contribution in [0.25, 0.3) is 11.7 Å². The molecule has 2 amide bonds. The van der Waals surface area contributed by atoms with Crippen molar-refractivity contribution in [2.75, 3.05) is 24.8 Å². The van der Waals surface area contributed by atoms with E-state index in [1.807, 2.05) is 23.1 Å². The molecule has 194 valence electrons. The lowest BCUT2D eigenvalue weighted by Gasteiger charge is -2.32. The van der Waals surface area contributed by atoms with Gasteiger partial charge in [0.2, 0.25) is 12.7 Å². The van der Waals surface area contributed by atoms with Crippen molar-refractivity contribution in [2.45, 2.75) is 19.4 Å². The van der Waals surface area contributed by atoms with Crippen LogP contribution in [0.15, 0.2) is 52.3 Å². The average Bonchev–Trinajstić information content (AvgIpc) is 3.50. The highest BCUT2D eigenvalue weighted by Gasteiger charge is 2.34. The zero-order valence-corrected chi connectivity index (χ0v) is 21.8. The summed E-state index contributed by atoms with van der Waals surface area (Å²) in [4.78, 5) is 47.3. The maximum atomic E-state index is 13.6. The fourth-order valence-electron chi connectivity index (χ4n) is 4.82. The van der Waals surface area contributed by atoms with Crippen molar-refractivity contribution in [3.05, 3.63) is 69.0 Å². The third-order valence-corrected chi connectivity index (χ3v) is 8.25. The molecule has 10 nitrogen and oxygen atoms in total. The van der Waals surface area contributed by atoms with Gasteiger partial charge in [-0.25, -0.2) is 4.98 Å². The number of benzene rings is 1. The first kappa shape index (κ1) is 24.4. The molecule has 1 aromatic carbocycles. The first-order valence-electron chi connectivity index (χ1n) is 12.1. The molecule has 2 aromatic heterocycles. The summed E-state index contributed by atoms with van der Waals surface area (Å²) in [6, 6.07) is 10.8. The molecule has 0 aliphatic carbocycles. The number of carbonyl (C=O) groups is 2. The standard InChI is InChI=1S/C26H23N5O5S2/c27-22(32)16-6-9-29(10-7-16)23-17(24(33)30-8-2-1-3-21(30)28-23)12-20-25(34)31(26(37)38-20)13-15-4-5-18-19(11-15)36-14-35-18/h1-5,8,11-12,16H,6-7,9-10,13-14H2,(H2,27,32)/b20-12+. The predicted molar refractivity (Wildman–Crippen MR) is 147 cm³/mol. The van der Waals surface area contributed by atoms with E-state index >= 15 is 0 Å². The van der Waals surface area contributed by atoms with E-state index in [0.717, 1.165) is 17.3 Å². The second kappa shape index (κ2) is 9.76. The normalized spacial score (nSPS) is 18.7. The highest BCUT2D eigenvalue weighted by Crippen LogP contribution is 2.37. The van der Waals surface area contributed by atoms with E-state index < -0.39 is 0 Å². The molecule has 2 saturated heterocycles. The molecule has 0 radical (unpaired) electrons. The zero-order valence-electron chi connectivity index (χ0n) is 20.2. The molecule has 12 heteroatoms. The van der Waals surface area contributed by atoms with E-state index in [4.69, 9.17) is 32.4 Å². The van der Waals surface area contributed by atoms with Crippen LogP contribution < -0.4 is 25.7 Å². The van der Waals surface area contributed by atoms with E-state index in [1.54, 1.807) is 30.5 Å². The van der Waals surface area contributed by atoms with Crippen molar-refractivity contribution >= 4 is 57.7 Å². The van der Waals surface area contributed by atoms with Gasteiger partial charge in [-0.2, -0.15) is 0 Å². The van der Waals surface area contributed by atoms with Gasteiger partial charge in [-0.1, -0.05) is 36.1 Å². The molecule has 38 heavy (non-hydrogen) atoms. The van der Waals surface area contributed by atoms with Gasteiger partial charge in [-0.3, -0.25) is 23.7 Å². The summed E-state index contributed by atoms with van der Waals surface area (Å²) < 4.78 is 12.7. The fraction of sp³-hybridized carbons (Fsp3) is 0.269. The largest absolute Gasteiger partial charge is 0.454 e. The molecule has 5 heterocycles. The van der Waals surface area contributed by atoms with E-state index in [0.29, 0.717) is 63.7 Å². The number of hydrogen-bond acceptors (Lipinski definition) is 9. The molecule has 0 bridgehead atoms. The Balaban J connectivity index is 1.34. The summed E-state index contributed by atoms with van der Waals surface area (Å²) in [7, 11) is 0. The molecule has 2 fully saturated rings. The number of nitrogens with two attached hydrogens (primary N) is 1. The molecular formula is C26H23N5O5S2. The zero-order chi connectivity index (χ0) is 26.4. The minimum absolute atomic E-state index is 0.167. The van der Waals surface area contributed by atoms with E-state index in [1.165, 1.54) is 9.30 Å². The van der Waals surface area contributed by atoms with Crippen LogP contribution in [0.5, 0.6) is 11.5 Å². The summed E-state index contributed by atoms with van der Waals surface area (Å²) >= 11 is 6.69. The number of thioether (sulfide) groups is 1.